The molecule has 0 radical (unpaired) electrons. The summed E-state index contributed by atoms with van der Waals surface area (Å²) in [6, 6.07) is 0.747. The highest BCUT2D eigenvalue weighted by molar-refractivity contribution is 8.06. The highest BCUT2D eigenvalue weighted by Gasteiger charge is 2.58. The second-order valence-corrected chi connectivity index (χ2v) is 9.88. The molecule has 1 saturated heterocycles. The summed E-state index contributed by atoms with van der Waals surface area (Å²) in [5, 5.41) is 4.83. The van der Waals surface area contributed by atoms with Crippen LogP contribution < -0.4 is 5.32 Å². The fraction of sp³-hybridized carbons (Fsp3) is 1.00. The second-order valence-electron chi connectivity index (χ2n) is 7.32. The van der Waals surface area contributed by atoms with E-state index in [0.717, 1.165) is 17.2 Å². The molecule has 2 bridgehead atoms. The van der Waals surface area contributed by atoms with E-state index in [1.165, 1.54) is 43.1 Å². The molecule has 3 fully saturated rings. The lowest BCUT2D eigenvalue weighted by atomic mass is 9.68. The number of hydrogen-bond acceptors (Lipinski definition) is 3. The Labute approximate surface area is 121 Å². The molecule has 3 heteroatoms. The van der Waals surface area contributed by atoms with E-state index < -0.39 is 0 Å². The summed E-state index contributed by atoms with van der Waals surface area (Å²) in [6.45, 7) is 8.77. The highest BCUT2D eigenvalue weighted by atomic mass is 32.2. The monoisotopic (exact) mass is 285 g/mol. The SMILES string of the molecule is CC12CCC(C1)C(C)(C)C2NCC1CSCCS1. The number of nitrogens with one attached hydrogen (secondary N) is 1. The van der Waals surface area contributed by atoms with Crippen LogP contribution in [-0.2, 0) is 0 Å². The van der Waals surface area contributed by atoms with Crippen LogP contribution in [-0.4, -0.2) is 35.1 Å². The molecule has 2 saturated carbocycles. The number of fused-ring (bicyclic) bond motifs is 2. The van der Waals surface area contributed by atoms with Crippen molar-refractivity contribution in [2.45, 2.75) is 51.3 Å². The van der Waals surface area contributed by atoms with Crippen LogP contribution in [0.3, 0.4) is 0 Å². The maximum atomic E-state index is 3.98. The van der Waals surface area contributed by atoms with Gasteiger partial charge in [-0.1, -0.05) is 20.8 Å². The van der Waals surface area contributed by atoms with Crippen LogP contribution in [0, 0.1) is 16.7 Å². The lowest BCUT2D eigenvalue weighted by molar-refractivity contribution is 0.110. The van der Waals surface area contributed by atoms with Gasteiger partial charge in [-0.05, 0) is 36.0 Å². The molecule has 0 amide bonds. The molecule has 0 aromatic carbocycles. The van der Waals surface area contributed by atoms with Crippen molar-refractivity contribution in [2.24, 2.45) is 16.7 Å². The first-order chi connectivity index (χ1) is 8.52. The number of hydrogen-bond donors (Lipinski definition) is 1. The van der Waals surface area contributed by atoms with Crippen molar-refractivity contribution in [1.82, 2.24) is 5.32 Å². The van der Waals surface area contributed by atoms with Crippen LogP contribution >= 0.6 is 23.5 Å². The maximum absolute atomic E-state index is 3.98. The molecule has 0 aromatic rings. The Morgan fingerprint density at radius 1 is 1.22 bits per heavy atom. The van der Waals surface area contributed by atoms with Crippen molar-refractivity contribution in [3.05, 3.63) is 0 Å². The van der Waals surface area contributed by atoms with E-state index in [0.29, 0.717) is 10.8 Å². The van der Waals surface area contributed by atoms with Crippen molar-refractivity contribution in [1.29, 1.82) is 0 Å². The van der Waals surface area contributed by atoms with E-state index in [1.807, 2.05) is 0 Å². The van der Waals surface area contributed by atoms with Crippen LogP contribution in [0.4, 0.5) is 0 Å². The zero-order valence-electron chi connectivity index (χ0n) is 12.0. The molecule has 4 atom stereocenters. The quantitative estimate of drug-likeness (QED) is 0.850. The van der Waals surface area contributed by atoms with Gasteiger partial charge in [0.25, 0.3) is 0 Å². The zero-order chi connectivity index (χ0) is 12.8. The standard InChI is InChI=1S/C15H27NS2/c1-14(2)11-4-5-15(3,8-11)13(14)16-9-12-10-17-6-7-18-12/h11-13,16H,4-10H2,1-3H3. The third-order valence-corrected chi connectivity index (χ3v) is 8.55. The van der Waals surface area contributed by atoms with E-state index >= 15 is 0 Å². The van der Waals surface area contributed by atoms with Gasteiger partial charge in [0.05, 0.1) is 0 Å². The summed E-state index contributed by atoms with van der Waals surface area (Å²) in [4.78, 5) is 0. The molecule has 2 aliphatic carbocycles. The summed E-state index contributed by atoms with van der Waals surface area (Å²) in [7, 11) is 0. The molecule has 1 nitrogen and oxygen atoms in total. The minimum atomic E-state index is 0.513. The van der Waals surface area contributed by atoms with E-state index in [9.17, 15) is 0 Å². The lowest BCUT2D eigenvalue weighted by Gasteiger charge is -2.44. The van der Waals surface area contributed by atoms with E-state index in [2.05, 4.69) is 49.6 Å². The van der Waals surface area contributed by atoms with Gasteiger partial charge >= 0.3 is 0 Å². The van der Waals surface area contributed by atoms with Crippen LogP contribution in [0.25, 0.3) is 0 Å². The van der Waals surface area contributed by atoms with Gasteiger partial charge in [0.15, 0.2) is 0 Å². The molecular formula is C15H27NS2. The molecule has 1 N–H and O–H groups in total. The second kappa shape index (κ2) is 4.89. The molecule has 4 unspecified atom stereocenters. The molecule has 104 valence electrons. The van der Waals surface area contributed by atoms with E-state index in [4.69, 9.17) is 0 Å². The Bertz CT molecular complexity index is 307. The van der Waals surface area contributed by atoms with Gasteiger partial charge in [0.1, 0.15) is 0 Å². The first-order valence-corrected chi connectivity index (χ1v) is 9.65. The number of thioether (sulfide) groups is 2. The first kappa shape index (κ1) is 13.6. The molecule has 18 heavy (non-hydrogen) atoms. The predicted octanol–water partition coefficient (Wildman–Crippen LogP) is 3.64. The fourth-order valence-electron chi connectivity index (χ4n) is 4.72. The average Bonchev–Trinajstić information content (AvgIpc) is 2.81. The van der Waals surface area contributed by atoms with Gasteiger partial charge in [-0.3, -0.25) is 0 Å². The smallest absolute Gasteiger partial charge is 0.0263 e. The van der Waals surface area contributed by atoms with Gasteiger partial charge in [0.2, 0.25) is 0 Å². The Balaban J connectivity index is 1.61. The largest absolute Gasteiger partial charge is 0.312 e. The Kier molecular flexibility index (Phi) is 3.70. The molecule has 3 aliphatic rings. The molecule has 1 aliphatic heterocycles. The predicted molar refractivity (Wildman–Crippen MR) is 84.6 cm³/mol. The van der Waals surface area contributed by atoms with Crippen molar-refractivity contribution in [3.63, 3.8) is 0 Å². The van der Waals surface area contributed by atoms with Gasteiger partial charge in [-0.25, -0.2) is 0 Å². The first-order valence-electron chi connectivity index (χ1n) is 7.45. The molecular weight excluding hydrogens is 258 g/mol. The van der Waals surface area contributed by atoms with Gasteiger partial charge in [-0.2, -0.15) is 23.5 Å². The normalized spacial score (nSPS) is 46.5. The van der Waals surface area contributed by atoms with Crippen LogP contribution in [0.2, 0.25) is 0 Å². The van der Waals surface area contributed by atoms with Crippen LogP contribution in [0.5, 0.6) is 0 Å². The minimum Gasteiger partial charge on any atom is -0.312 e. The summed E-state index contributed by atoms with van der Waals surface area (Å²) in [5.41, 5.74) is 1.10. The molecule has 3 rings (SSSR count). The van der Waals surface area contributed by atoms with Gasteiger partial charge in [0, 0.05) is 35.1 Å². The van der Waals surface area contributed by atoms with Crippen molar-refractivity contribution < 1.29 is 0 Å². The van der Waals surface area contributed by atoms with Gasteiger partial charge < -0.3 is 5.32 Å². The minimum absolute atomic E-state index is 0.513. The van der Waals surface area contributed by atoms with Crippen LogP contribution in [0.15, 0.2) is 0 Å². The maximum Gasteiger partial charge on any atom is 0.0263 e. The van der Waals surface area contributed by atoms with Gasteiger partial charge in [-0.15, -0.1) is 0 Å². The van der Waals surface area contributed by atoms with E-state index in [1.54, 1.807) is 0 Å². The Morgan fingerprint density at radius 3 is 2.67 bits per heavy atom. The summed E-state index contributed by atoms with van der Waals surface area (Å²) in [6.07, 6.45) is 4.38. The molecule has 0 aromatic heterocycles. The third kappa shape index (κ3) is 2.25. The van der Waals surface area contributed by atoms with Crippen molar-refractivity contribution in [2.75, 3.05) is 23.8 Å². The summed E-state index contributed by atoms with van der Waals surface area (Å²) >= 11 is 4.32. The van der Waals surface area contributed by atoms with Crippen molar-refractivity contribution in [3.8, 4) is 0 Å². The third-order valence-electron chi connectivity index (χ3n) is 5.70. The summed E-state index contributed by atoms with van der Waals surface area (Å²) < 4.78 is 0. The lowest BCUT2D eigenvalue weighted by Crippen LogP contribution is -2.52. The molecule has 1 heterocycles. The van der Waals surface area contributed by atoms with Crippen LogP contribution in [0.1, 0.15) is 40.0 Å². The van der Waals surface area contributed by atoms with E-state index in [-0.39, 0.29) is 0 Å². The number of rotatable bonds is 3. The molecule has 0 spiro atoms. The fourth-order valence-corrected chi connectivity index (χ4v) is 7.34. The zero-order valence-corrected chi connectivity index (χ0v) is 13.6. The topological polar surface area (TPSA) is 12.0 Å². The Morgan fingerprint density at radius 2 is 2.06 bits per heavy atom. The Hall–Kier alpha value is 0.660. The summed E-state index contributed by atoms with van der Waals surface area (Å²) in [5.74, 6) is 5.03. The van der Waals surface area contributed by atoms with Crippen molar-refractivity contribution >= 4 is 23.5 Å². The average molecular weight is 286 g/mol. The highest BCUT2D eigenvalue weighted by Crippen LogP contribution is 2.62.